The Morgan fingerprint density at radius 3 is 2.60 bits per heavy atom. The van der Waals surface area contributed by atoms with Crippen molar-refractivity contribution in [3.05, 3.63) is 0 Å². The molecule has 0 spiro atoms. The fourth-order valence-electron chi connectivity index (χ4n) is 2.65. The molecule has 2 aliphatic rings. The van der Waals surface area contributed by atoms with Gasteiger partial charge in [0.2, 0.25) is 0 Å². The summed E-state index contributed by atoms with van der Waals surface area (Å²) < 4.78 is 0. The van der Waals surface area contributed by atoms with Gasteiger partial charge in [-0.3, -0.25) is 0 Å². The molecular weight excluding hydrogens is 124 g/mol. The van der Waals surface area contributed by atoms with E-state index in [0.29, 0.717) is 0 Å². The van der Waals surface area contributed by atoms with Crippen LogP contribution in [0.3, 0.4) is 0 Å². The van der Waals surface area contributed by atoms with Gasteiger partial charge in [0.15, 0.2) is 0 Å². The molecule has 10 heavy (non-hydrogen) atoms. The van der Waals surface area contributed by atoms with Gasteiger partial charge in [-0.25, -0.2) is 0 Å². The van der Waals surface area contributed by atoms with E-state index in [-0.39, 0.29) is 0 Å². The fraction of sp³-hybridized carbons (Fsp3) is 1.00. The number of rotatable bonds is 1. The van der Waals surface area contributed by atoms with Gasteiger partial charge in [0.25, 0.3) is 0 Å². The second kappa shape index (κ2) is 2.21. The maximum atomic E-state index is 5.66. The van der Waals surface area contributed by atoms with Crippen molar-refractivity contribution in [2.45, 2.75) is 31.3 Å². The van der Waals surface area contributed by atoms with Gasteiger partial charge in [0.05, 0.1) is 0 Å². The number of nitrogens with two attached hydrogens (primary N) is 1. The zero-order valence-corrected chi connectivity index (χ0v) is 6.59. The van der Waals surface area contributed by atoms with Gasteiger partial charge in [-0.05, 0) is 38.8 Å². The Morgan fingerprint density at radius 2 is 2.30 bits per heavy atom. The monoisotopic (exact) mass is 140 g/mol. The first-order chi connectivity index (χ1) is 4.83. The Bertz CT molecular complexity index is 135. The van der Waals surface area contributed by atoms with Gasteiger partial charge < -0.3 is 10.6 Å². The molecule has 2 heteroatoms. The fourth-order valence-corrected chi connectivity index (χ4v) is 2.65. The van der Waals surface area contributed by atoms with E-state index in [1.165, 1.54) is 19.3 Å². The van der Waals surface area contributed by atoms with Gasteiger partial charge in [0.1, 0.15) is 0 Å². The van der Waals surface area contributed by atoms with Gasteiger partial charge in [-0.15, -0.1) is 0 Å². The van der Waals surface area contributed by atoms with Crippen molar-refractivity contribution in [1.82, 2.24) is 4.90 Å². The van der Waals surface area contributed by atoms with Crippen LogP contribution in [0.1, 0.15) is 19.3 Å². The lowest BCUT2D eigenvalue weighted by Gasteiger charge is -2.19. The molecule has 2 fully saturated rings. The molecule has 2 N–H and O–H groups in total. The van der Waals surface area contributed by atoms with Crippen LogP contribution in [0.15, 0.2) is 0 Å². The van der Waals surface area contributed by atoms with Crippen molar-refractivity contribution in [3.63, 3.8) is 0 Å². The van der Waals surface area contributed by atoms with E-state index in [0.717, 1.165) is 24.5 Å². The molecule has 2 heterocycles. The summed E-state index contributed by atoms with van der Waals surface area (Å²) >= 11 is 0. The lowest BCUT2D eigenvalue weighted by Crippen LogP contribution is -2.29. The summed E-state index contributed by atoms with van der Waals surface area (Å²) in [6.07, 6.45) is 4.17. The summed E-state index contributed by atoms with van der Waals surface area (Å²) in [5.41, 5.74) is 5.66. The lowest BCUT2D eigenvalue weighted by atomic mass is 9.89. The van der Waals surface area contributed by atoms with Crippen LogP contribution >= 0.6 is 0 Å². The summed E-state index contributed by atoms with van der Waals surface area (Å²) in [6, 6.07) is 1.70. The minimum Gasteiger partial charge on any atom is -0.330 e. The Hall–Kier alpha value is -0.0800. The van der Waals surface area contributed by atoms with Gasteiger partial charge >= 0.3 is 0 Å². The predicted octanol–water partition coefficient (Wildman–Crippen LogP) is 0.428. The van der Waals surface area contributed by atoms with E-state index in [1.54, 1.807) is 0 Å². The third-order valence-corrected chi connectivity index (χ3v) is 3.32. The Morgan fingerprint density at radius 1 is 1.50 bits per heavy atom. The molecule has 3 atom stereocenters. The van der Waals surface area contributed by atoms with Crippen molar-refractivity contribution in [2.24, 2.45) is 11.7 Å². The van der Waals surface area contributed by atoms with Crippen LogP contribution in [-0.4, -0.2) is 30.6 Å². The quantitative estimate of drug-likeness (QED) is 0.572. The first-order valence-corrected chi connectivity index (χ1v) is 4.25. The van der Waals surface area contributed by atoms with Crippen LogP contribution in [0, 0.1) is 5.92 Å². The molecule has 3 unspecified atom stereocenters. The second-order valence-electron chi connectivity index (χ2n) is 3.70. The lowest BCUT2D eigenvalue weighted by molar-refractivity contribution is 0.292. The molecular formula is C8H16N2. The van der Waals surface area contributed by atoms with Crippen molar-refractivity contribution in [3.8, 4) is 0 Å². The van der Waals surface area contributed by atoms with Crippen LogP contribution in [0.25, 0.3) is 0 Å². The summed E-state index contributed by atoms with van der Waals surface area (Å²) in [7, 11) is 2.25. The molecule has 2 rings (SSSR count). The van der Waals surface area contributed by atoms with Crippen LogP contribution < -0.4 is 5.73 Å². The molecule has 2 nitrogen and oxygen atoms in total. The van der Waals surface area contributed by atoms with Crippen LogP contribution in [-0.2, 0) is 0 Å². The van der Waals surface area contributed by atoms with Crippen molar-refractivity contribution in [1.29, 1.82) is 0 Å². The summed E-state index contributed by atoms with van der Waals surface area (Å²) in [4.78, 5) is 2.53. The van der Waals surface area contributed by atoms with Crippen LogP contribution in [0.4, 0.5) is 0 Å². The molecule has 2 saturated heterocycles. The first kappa shape index (κ1) is 6.62. The zero-order valence-electron chi connectivity index (χ0n) is 6.59. The smallest absolute Gasteiger partial charge is 0.0137 e. The third-order valence-electron chi connectivity index (χ3n) is 3.32. The minimum absolute atomic E-state index is 0.809. The van der Waals surface area contributed by atoms with Crippen LogP contribution in [0.5, 0.6) is 0 Å². The topological polar surface area (TPSA) is 29.3 Å². The molecule has 0 aromatic carbocycles. The second-order valence-corrected chi connectivity index (χ2v) is 3.70. The average molecular weight is 140 g/mol. The van der Waals surface area contributed by atoms with Crippen molar-refractivity contribution >= 4 is 0 Å². The number of hydrogen-bond acceptors (Lipinski definition) is 2. The van der Waals surface area contributed by atoms with Crippen molar-refractivity contribution < 1.29 is 0 Å². The molecule has 2 bridgehead atoms. The minimum atomic E-state index is 0.809. The van der Waals surface area contributed by atoms with E-state index in [9.17, 15) is 0 Å². The highest BCUT2D eigenvalue weighted by Crippen LogP contribution is 2.39. The molecule has 2 aliphatic heterocycles. The maximum Gasteiger partial charge on any atom is 0.0137 e. The van der Waals surface area contributed by atoms with E-state index >= 15 is 0 Å². The zero-order chi connectivity index (χ0) is 7.14. The first-order valence-electron chi connectivity index (χ1n) is 4.25. The molecule has 0 aromatic heterocycles. The summed E-state index contributed by atoms with van der Waals surface area (Å²) in [5, 5.41) is 0. The number of hydrogen-bond donors (Lipinski definition) is 1. The Labute approximate surface area is 62.4 Å². The van der Waals surface area contributed by atoms with Crippen molar-refractivity contribution in [2.75, 3.05) is 13.6 Å². The predicted molar refractivity (Wildman–Crippen MR) is 41.7 cm³/mol. The molecule has 0 amide bonds. The van der Waals surface area contributed by atoms with Gasteiger partial charge in [-0.1, -0.05) is 0 Å². The highest BCUT2D eigenvalue weighted by molar-refractivity contribution is 4.98. The maximum absolute atomic E-state index is 5.66. The third kappa shape index (κ3) is 0.722. The molecule has 58 valence electrons. The Balaban J connectivity index is 2.08. The summed E-state index contributed by atoms with van der Waals surface area (Å²) in [6.45, 7) is 0.894. The highest BCUT2D eigenvalue weighted by Gasteiger charge is 2.42. The molecule has 0 radical (unpaired) electrons. The van der Waals surface area contributed by atoms with Crippen LogP contribution in [0.2, 0.25) is 0 Å². The standard InChI is InChI=1S/C8H16N2/c1-10-7-2-3-8(10)6(4-7)5-9/h6-8H,2-5,9H2,1H3. The average Bonchev–Trinajstić information content (AvgIpc) is 2.46. The molecule has 0 aromatic rings. The van der Waals surface area contributed by atoms with E-state index < -0.39 is 0 Å². The molecule has 0 saturated carbocycles. The van der Waals surface area contributed by atoms with Gasteiger partial charge in [0, 0.05) is 12.1 Å². The highest BCUT2D eigenvalue weighted by atomic mass is 15.2. The SMILES string of the molecule is CN1C2CCC1C(CN)C2. The van der Waals surface area contributed by atoms with Gasteiger partial charge in [-0.2, -0.15) is 0 Å². The normalized spacial score (nSPS) is 46.8. The summed E-state index contributed by atoms with van der Waals surface area (Å²) in [5.74, 6) is 0.809. The molecule has 0 aliphatic carbocycles. The van der Waals surface area contributed by atoms with E-state index in [4.69, 9.17) is 5.73 Å². The number of fused-ring (bicyclic) bond motifs is 2. The van der Waals surface area contributed by atoms with E-state index in [1.807, 2.05) is 0 Å². The largest absolute Gasteiger partial charge is 0.330 e. The number of nitrogens with zero attached hydrogens (tertiary/aromatic N) is 1. The Kier molecular flexibility index (Phi) is 1.46. The van der Waals surface area contributed by atoms with E-state index in [2.05, 4.69) is 11.9 Å².